The number of ether oxygens (including phenoxy) is 1. The zero-order valence-electron chi connectivity index (χ0n) is 18.1. The topological polar surface area (TPSA) is 165 Å². The fourth-order valence-corrected chi connectivity index (χ4v) is 3.98. The first-order chi connectivity index (χ1) is 16.8. The van der Waals surface area contributed by atoms with Crippen LogP contribution >= 0.6 is 0 Å². The van der Waals surface area contributed by atoms with Crippen molar-refractivity contribution in [3.8, 4) is 17.2 Å². The Labute approximate surface area is 198 Å². The number of rotatable bonds is 7. The highest BCUT2D eigenvalue weighted by atomic mass is 32.2. The largest absolute Gasteiger partial charge is 0.505 e. The van der Waals surface area contributed by atoms with Gasteiger partial charge in [0.15, 0.2) is 11.4 Å². The second-order valence-corrected chi connectivity index (χ2v) is 8.64. The molecule has 1 amide bonds. The number of carbonyl (C=O) groups is 1. The molecule has 0 unspecified atom stereocenters. The minimum Gasteiger partial charge on any atom is -0.505 e. The first-order valence-electron chi connectivity index (χ1n) is 9.96. The molecule has 2 aromatic carbocycles. The molecular formula is C22H18N6O6S. The number of hydrogen-bond donors (Lipinski definition) is 3. The van der Waals surface area contributed by atoms with Crippen LogP contribution in [0.4, 0.5) is 11.6 Å². The Morgan fingerprint density at radius 2 is 1.71 bits per heavy atom. The average Bonchev–Trinajstić information content (AvgIpc) is 2.85. The summed E-state index contributed by atoms with van der Waals surface area (Å²) in [6, 6.07) is 14.2. The van der Waals surface area contributed by atoms with E-state index in [1.54, 1.807) is 30.3 Å². The van der Waals surface area contributed by atoms with E-state index >= 15 is 0 Å². The van der Waals surface area contributed by atoms with Crippen LogP contribution in [-0.2, 0) is 10.0 Å². The van der Waals surface area contributed by atoms with Gasteiger partial charge in [-0.3, -0.25) is 9.59 Å². The first kappa shape index (κ1) is 23.4. The molecule has 0 aliphatic heterocycles. The maximum atomic E-state index is 12.8. The lowest BCUT2D eigenvalue weighted by Crippen LogP contribution is -2.25. The van der Waals surface area contributed by atoms with Crippen molar-refractivity contribution in [2.45, 2.75) is 4.90 Å². The Kier molecular flexibility index (Phi) is 6.42. The van der Waals surface area contributed by atoms with Crippen molar-refractivity contribution in [1.82, 2.24) is 19.7 Å². The van der Waals surface area contributed by atoms with Gasteiger partial charge in [0.1, 0.15) is 11.4 Å². The molecule has 0 bridgehead atoms. The number of aromatic nitrogens is 4. The Morgan fingerprint density at radius 1 is 1.03 bits per heavy atom. The van der Waals surface area contributed by atoms with Crippen LogP contribution in [0.15, 0.2) is 82.7 Å². The summed E-state index contributed by atoms with van der Waals surface area (Å²) in [7, 11) is -2.53. The smallest absolute Gasteiger partial charge is 0.279 e. The van der Waals surface area contributed by atoms with Crippen LogP contribution in [-0.4, -0.2) is 46.3 Å². The molecule has 178 valence electrons. The van der Waals surface area contributed by atoms with Gasteiger partial charge in [-0.1, -0.05) is 12.1 Å². The third kappa shape index (κ3) is 5.09. The van der Waals surface area contributed by atoms with Crippen LogP contribution in [0.3, 0.4) is 0 Å². The Balaban J connectivity index is 1.57. The number of amides is 1. The van der Waals surface area contributed by atoms with Crippen molar-refractivity contribution < 1.29 is 23.1 Å². The summed E-state index contributed by atoms with van der Waals surface area (Å²) in [5, 5.41) is 16.7. The van der Waals surface area contributed by atoms with Gasteiger partial charge in [0.05, 0.1) is 12.0 Å². The van der Waals surface area contributed by atoms with Gasteiger partial charge in [-0.15, -0.1) is 0 Å². The van der Waals surface area contributed by atoms with Gasteiger partial charge in [-0.2, -0.15) is 9.78 Å². The molecule has 2 aromatic heterocycles. The molecule has 0 radical (unpaired) electrons. The highest BCUT2D eigenvalue weighted by Crippen LogP contribution is 2.22. The Hall–Kier alpha value is -4.78. The van der Waals surface area contributed by atoms with Crippen molar-refractivity contribution in [2.75, 3.05) is 17.1 Å². The van der Waals surface area contributed by atoms with Gasteiger partial charge in [0.2, 0.25) is 5.95 Å². The van der Waals surface area contributed by atoms with Crippen molar-refractivity contribution >= 4 is 27.6 Å². The minimum absolute atomic E-state index is 0.0865. The average molecular weight is 494 g/mol. The predicted octanol–water partition coefficient (Wildman–Crippen LogP) is 1.79. The van der Waals surface area contributed by atoms with Gasteiger partial charge >= 0.3 is 0 Å². The number of aromatic hydroxyl groups is 1. The van der Waals surface area contributed by atoms with Crippen LogP contribution in [0.1, 0.15) is 10.5 Å². The molecular weight excluding hydrogens is 476 g/mol. The molecule has 12 nitrogen and oxygen atoms in total. The zero-order chi connectivity index (χ0) is 25.0. The normalized spacial score (nSPS) is 11.0. The van der Waals surface area contributed by atoms with Crippen molar-refractivity contribution in [1.29, 1.82) is 0 Å². The molecule has 3 N–H and O–H groups in total. The molecule has 0 fully saturated rings. The van der Waals surface area contributed by atoms with E-state index in [1.165, 1.54) is 43.8 Å². The number of methoxy groups -OCH3 is 1. The van der Waals surface area contributed by atoms with Gasteiger partial charge < -0.3 is 15.2 Å². The maximum Gasteiger partial charge on any atom is 0.279 e. The summed E-state index contributed by atoms with van der Waals surface area (Å²) < 4.78 is 33.4. The minimum atomic E-state index is -3.96. The lowest BCUT2D eigenvalue weighted by atomic mass is 10.2. The van der Waals surface area contributed by atoms with Crippen LogP contribution in [0.2, 0.25) is 0 Å². The van der Waals surface area contributed by atoms with Gasteiger partial charge in [-0.25, -0.2) is 23.1 Å². The zero-order valence-corrected chi connectivity index (χ0v) is 18.9. The van der Waals surface area contributed by atoms with E-state index in [4.69, 9.17) is 4.74 Å². The fourth-order valence-electron chi connectivity index (χ4n) is 3.02. The molecule has 0 saturated carbocycles. The van der Waals surface area contributed by atoms with E-state index in [1.807, 2.05) is 0 Å². The summed E-state index contributed by atoms with van der Waals surface area (Å²) in [6.07, 6.45) is 2.79. The monoisotopic (exact) mass is 494 g/mol. The second-order valence-electron chi connectivity index (χ2n) is 6.96. The molecule has 13 heteroatoms. The lowest BCUT2D eigenvalue weighted by Gasteiger charge is -2.12. The highest BCUT2D eigenvalue weighted by Gasteiger charge is 2.20. The van der Waals surface area contributed by atoms with Crippen LogP contribution in [0.25, 0.3) is 5.69 Å². The number of anilines is 2. The SMILES string of the molecule is COc1ccccc1-n1nc(C(=O)Nc2ccc(S(=O)(=O)Nc3ncccn3)cc2)c(O)cc1=O. The molecule has 0 aliphatic rings. The third-order valence-corrected chi connectivity index (χ3v) is 6.00. The predicted molar refractivity (Wildman–Crippen MR) is 125 cm³/mol. The number of sulfonamides is 1. The van der Waals surface area contributed by atoms with Crippen LogP contribution in [0, 0.1) is 0 Å². The van der Waals surface area contributed by atoms with E-state index in [-0.39, 0.29) is 22.2 Å². The van der Waals surface area contributed by atoms with Gasteiger partial charge in [-0.05, 0) is 42.5 Å². The van der Waals surface area contributed by atoms with E-state index in [2.05, 4.69) is 25.1 Å². The van der Waals surface area contributed by atoms with Crippen LogP contribution in [0.5, 0.6) is 11.5 Å². The van der Waals surface area contributed by atoms with Crippen molar-refractivity contribution in [3.05, 3.63) is 89.1 Å². The molecule has 4 aromatic rings. The summed E-state index contributed by atoms with van der Waals surface area (Å²) in [6.45, 7) is 0. The Morgan fingerprint density at radius 3 is 2.40 bits per heavy atom. The number of hydrogen-bond acceptors (Lipinski definition) is 9. The summed E-state index contributed by atoms with van der Waals surface area (Å²) in [4.78, 5) is 32.7. The second kappa shape index (κ2) is 9.61. The maximum absolute atomic E-state index is 12.8. The third-order valence-electron chi connectivity index (χ3n) is 4.65. The molecule has 35 heavy (non-hydrogen) atoms. The lowest BCUT2D eigenvalue weighted by molar-refractivity contribution is 0.101. The number of benzene rings is 2. The van der Waals surface area contributed by atoms with E-state index in [0.717, 1.165) is 10.7 Å². The molecule has 0 atom stereocenters. The summed E-state index contributed by atoms with van der Waals surface area (Å²) in [5.41, 5.74) is -0.595. The van der Waals surface area contributed by atoms with E-state index in [9.17, 15) is 23.1 Å². The fraction of sp³-hybridized carbons (Fsp3) is 0.0455. The summed E-state index contributed by atoms with van der Waals surface area (Å²) in [5.74, 6) is -1.19. The number of nitrogens with zero attached hydrogens (tertiary/aromatic N) is 4. The number of carbonyl (C=O) groups excluding carboxylic acids is 1. The van der Waals surface area contributed by atoms with E-state index < -0.39 is 32.9 Å². The summed E-state index contributed by atoms with van der Waals surface area (Å²) >= 11 is 0. The Bertz CT molecular complexity index is 1540. The number of para-hydroxylation sites is 2. The highest BCUT2D eigenvalue weighted by molar-refractivity contribution is 7.92. The van der Waals surface area contributed by atoms with Crippen molar-refractivity contribution in [3.63, 3.8) is 0 Å². The molecule has 0 aliphatic carbocycles. The van der Waals surface area contributed by atoms with Gasteiger partial charge in [0, 0.05) is 24.1 Å². The first-order valence-corrected chi connectivity index (χ1v) is 11.4. The molecule has 2 heterocycles. The van der Waals surface area contributed by atoms with Gasteiger partial charge in [0.25, 0.3) is 21.5 Å². The molecule has 0 spiro atoms. The van der Waals surface area contributed by atoms with E-state index in [0.29, 0.717) is 5.75 Å². The molecule has 0 saturated heterocycles. The quantitative estimate of drug-likeness (QED) is 0.347. The number of nitrogens with one attached hydrogen (secondary N) is 2. The van der Waals surface area contributed by atoms with Crippen molar-refractivity contribution in [2.24, 2.45) is 0 Å². The standard InChI is InChI=1S/C22H18N6O6S/c1-34-18-6-3-2-5-16(18)28-19(30)13-17(29)20(26-28)21(31)25-14-7-9-15(10-8-14)35(32,33)27-22-23-11-4-12-24-22/h2-13,29H,1H3,(H,25,31)(H,23,24,27). The molecule has 4 rings (SSSR count). The van der Waals surface area contributed by atoms with Crippen LogP contribution < -0.4 is 20.3 Å².